The zero-order valence-corrected chi connectivity index (χ0v) is 11.9. The molecule has 2 atom stereocenters. The fourth-order valence-corrected chi connectivity index (χ4v) is 2.13. The molecule has 0 radical (unpaired) electrons. The molecule has 0 aliphatic rings. The Morgan fingerprint density at radius 2 is 1.59 bits per heavy atom. The molecule has 0 fully saturated rings. The van der Waals surface area contributed by atoms with Gasteiger partial charge in [-0.05, 0) is 29.8 Å². The van der Waals surface area contributed by atoms with E-state index in [0.29, 0.717) is 11.3 Å². The molecule has 2 rings (SSSR count). The van der Waals surface area contributed by atoms with Crippen molar-refractivity contribution in [2.24, 2.45) is 10.4 Å². The molecular formula is C16H14N2O4. The smallest absolute Gasteiger partial charge is 0.193 e. The van der Waals surface area contributed by atoms with Crippen molar-refractivity contribution < 1.29 is 9.53 Å². The van der Waals surface area contributed by atoms with Gasteiger partial charge in [-0.15, -0.1) is 4.91 Å². The van der Waals surface area contributed by atoms with E-state index in [1.807, 2.05) is 0 Å². The summed E-state index contributed by atoms with van der Waals surface area (Å²) in [4.78, 5) is 34.7. The summed E-state index contributed by atoms with van der Waals surface area (Å²) in [5.41, 5.74) is 0.749. The van der Waals surface area contributed by atoms with Gasteiger partial charge in [-0.25, -0.2) is 0 Å². The highest BCUT2D eigenvalue weighted by molar-refractivity contribution is 6.01. The van der Waals surface area contributed by atoms with Crippen LogP contribution in [0.1, 0.15) is 22.0 Å². The summed E-state index contributed by atoms with van der Waals surface area (Å²) in [5, 5.41) is 5.75. The molecule has 0 aliphatic carbocycles. The summed E-state index contributed by atoms with van der Waals surface area (Å²) in [7, 11) is 1.51. The minimum Gasteiger partial charge on any atom is -0.497 e. The molecular weight excluding hydrogens is 284 g/mol. The summed E-state index contributed by atoms with van der Waals surface area (Å²) in [5.74, 6) is 0.0337. The van der Waals surface area contributed by atoms with Crippen molar-refractivity contribution in [3.63, 3.8) is 0 Å². The third kappa shape index (κ3) is 3.22. The summed E-state index contributed by atoms with van der Waals surface area (Å²) in [6, 6.07) is 12.1. The quantitative estimate of drug-likeness (QED) is 0.578. The number of ketones is 1. The Kier molecular flexibility index (Phi) is 5.08. The Labute approximate surface area is 127 Å². The standard InChI is InChI=1S/C16H14N2O4/c1-22-13-9-7-12(8-10-13)16(19)15(18-21)14(17-20)11-5-3-2-4-6-11/h2-10,14-15H,1H3. The molecule has 2 unspecified atom stereocenters. The lowest BCUT2D eigenvalue weighted by atomic mass is 9.94. The van der Waals surface area contributed by atoms with E-state index in [4.69, 9.17) is 4.74 Å². The number of hydrogen-bond donors (Lipinski definition) is 0. The van der Waals surface area contributed by atoms with Gasteiger partial charge in [-0.1, -0.05) is 40.7 Å². The van der Waals surface area contributed by atoms with Crippen LogP contribution in [-0.4, -0.2) is 18.9 Å². The second-order valence-corrected chi connectivity index (χ2v) is 4.60. The zero-order valence-electron chi connectivity index (χ0n) is 11.9. The lowest BCUT2D eigenvalue weighted by Crippen LogP contribution is -2.25. The van der Waals surface area contributed by atoms with E-state index in [9.17, 15) is 14.6 Å². The number of Topliss-reactive ketones (excluding diaryl/α,β-unsaturated/α-hetero) is 1. The lowest BCUT2D eigenvalue weighted by Gasteiger charge is -2.14. The first kappa shape index (κ1) is 15.5. The summed E-state index contributed by atoms with van der Waals surface area (Å²) < 4.78 is 5.01. The van der Waals surface area contributed by atoms with Gasteiger partial charge in [0.05, 0.1) is 7.11 Å². The van der Waals surface area contributed by atoms with Crippen LogP contribution < -0.4 is 4.74 Å². The van der Waals surface area contributed by atoms with Gasteiger partial charge < -0.3 is 4.74 Å². The van der Waals surface area contributed by atoms with Crippen molar-refractivity contribution in [3.05, 3.63) is 75.5 Å². The molecule has 0 spiro atoms. The second kappa shape index (κ2) is 7.21. The number of carbonyl (C=O) groups excluding carboxylic acids is 1. The molecule has 0 saturated carbocycles. The molecule has 6 heteroatoms. The number of hydrogen-bond acceptors (Lipinski definition) is 6. The minimum absolute atomic E-state index is 0.273. The maximum Gasteiger partial charge on any atom is 0.193 e. The van der Waals surface area contributed by atoms with Crippen molar-refractivity contribution in [1.29, 1.82) is 0 Å². The highest BCUT2D eigenvalue weighted by Gasteiger charge is 2.32. The number of nitrogens with zero attached hydrogens (tertiary/aromatic N) is 2. The SMILES string of the molecule is COc1ccc(C(=O)C(N=O)C(N=O)c2ccccc2)cc1. The number of nitroso groups, excluding NO2 is 2. The first-order chi connectivity index (χ1) is 10.7. The third-order valence-corrected chi connectivity index (χ3v) is 3.31. The van der Waals surface area contributed by atoms with E-state index in [1.165, 1.54) is 19.2 Å². The lowest BCUT2D eigenvalue weighted by molar-refractivity contribution is 0.0950. The molecule has 0 amide bonds. The van der Waals surface area contributed by atoms with Crippen LogP contribution in [0.5, 0.6) is 5.75 Å². The number of methoxy groups -OCH3 is 1. The molecule has 0 bridgehead atoms. The van der Waals surface area contributed by atoms with Crippen LogP contribution in [0.15, 0.2) is 65.0 Å². The molecule has 0 saturated heterocycles. The maximum atomic E-state index is 12.4. The molecule has 0 aromatic heterocycles. The van der Waals surface area contributed by atoms with Gasteiger partial charge in [0.1, 0.15) is 5.75 Å². The Balaban J connectivity index is 2.30. The summed E-state index contributed by atoms with van der Waals surface area (Å²) in [6.45, 7) is 0. The molecule has 0 aliphatic heterocycles. The Hall–Kier alpha value is -2.89. The zero-order chi connectivity index (χ0) is 15.9. The Morgan fingerprint density at radius 1 is 0.955 bits per heavy atom. The number of ether oxygens (including phenoxy) is 1. The molecule has 6 nitrogen and oxygen atoms in total. The molecule has 22 heavy (non-hydrogen) atoms. The highest BCUT2D eigenvalue weighted by atomic mass is 16.5. The normalized spacial score (nSPS) is 13.0. The van der Waals surface area contributed by atoms with E-state index in [-0.39, 0.29) is 5.56 Å². The summed E-state index contributed by atoms with van der Waals surface area (Å²) in [6.07, 6.45) is 0. The number of rotatable bonds is 7. The van der Waals surface area contributed by atoms with Gasteiger partial charge in [-0.2, -0.15) is 4.91 Å². The van der Waals surface area contributed by atoms with Crippen molar-refractivity contribution in [2.75, 3.05) is 7.11 Å². The van der Waals surface area contributed by atoms with Crippen LogP contribution >= 0.6 is 0 Å². The number of carbonyl (C=O) groups is 1. The maximum absolute atomic E-state index is 12.4. The van der Waals surface area contributed by atoms with Crippen LogP contribution in [0.2, 0.25) is 0 Å². The van der Waals surface area contributed by atoms with Gasteiger partial charge in [0, 0.05) is 5.56 Å². The van der Waals surface area contributed by atoms with E-state index in [0.717, 1.165) is 0 Å². The van der Waals surface area contributed by atoms with Crippen LogP contribution in [0.4, 0.5) is 0 Å². The first-order valence-electron chi connectivity index (χ1n) is 6.59. The van der Waals surface area contributed by atoms with Crippen LogP contribution in [0.3, 0.4) is 0 Å². The number of benzene rings is 2. The highest BCUT2D eigenvalue weighted by Crippen LogP contribution is 2.26. The molecule has 0 N–H and O–H groups in total. The molecule has 2 aromatic carbocycles. The molecule has 2 aromatic rings. The van der Waals surface area contributed by atoms with Gasteiger partial charge in [-0.3, -0.25) is 4.79 Å². The minimum atomic E-state index is -1.40. The van der Waals surface area contributed by atoms with Gasteiger partial charge >= 0.3 is 0 Å². The van der Waals surface area contributed by atoms with Gasteiger partial charge in [0.2, 0.25) is 0 Å². The van der Waals surface area contributed by atoms with Gasteiger partial charge in [0.25, 0.3) is 0 Å². The van der Waals surface area contributed by atoms with Crippen molar-refractivity contribution in [3.8, 4) is 5.75 Å². The van der Waals surface area contributed by atoms with E-state index < -0.39 is 17.9 Å². The molecule has 0 heterocycles. The first-order valence-corrected chi connectivity index (χ1v) is 6.59. The predicted molar refractivity (Wildman–Crippen MR) is 81.9 cm³/mol. The monoisotopic (exact) mass is 298 g/mol. The Morgan fingerprint density at radius 3 is 2.09 bits per heavy atom. The van der Waals surface area contributed by atoms with E-state index in [2.05, 4.69) is 10.4 Å². The fourth-order valence-electron chi connectivity index (χ4n) is 2.13. The average molecular weight is 298 g/mol. The van der Waals surface area contributed by atoms with Crippen molar-refractivity contribution in [2.45, 2.75) is 12.1 Å². The largest absolute Gasteiger partial charge is 0.497 e. The van der Waals surface area contributed by atoms with Crippen LogP contribution in [0, 0.1) is 9.81 Å². The summed E-state index contributed by atoms with van der Waals surface area (Å²) >= 11 is 0. The van der Waals surface area contributed by atoms with Crippen LogP contribution in [0.25, 0.3) is 0 Å². The van der Waals surface area contributed by atoms with E-state index >= 15 is 0 Å². The van der Waals surface area contributed by atoms with Gasteiger partial charge in [0.15, 0.2) is 17.9 Å². The second-order valence-electron chi connectivity index (χ2n) is 4.60. The Bertz CT molecular complexity index is 656. The topological polar surface area (TPSA) is 85.2 Å². The average Bonchev–Trinajstić information content (AvgIpc) is 2.59. The predicted octanol–water partition coefficient (Wildman–Crippen LogP) is 3.52. The van der Waals surface area contributed by atoms with Crippen molar-refractivity contribution in [1.82, 2.24) is 0 Å². The third-order valence-electron chi connectivity index (χ3n) is 3.31. The fraction of sp³-hybridized carbons (Fsp3) is 0.188. The van der Waals surface area contributed by atoms with E-state index in [1.54, 1.807) is 42.5 Å². The van der Waals surface area contributed by atoms with Crippen LogP contribution in [-0.2, 0) is 0 Å². The molecule has 112 valence electrons. The van der Waals surface area contributed by atoms with Crippen molar-refractivity contribution >= 4 is 5.78 Å².